The lowest BCUT2D eigenvalue weighted by molar-refractivity contribution is -0.139. The smallest absolute Gasteiger partial charge is 0.349 e. The Kier molecular flexibility index (Phi) is 6.00. The summed E-state index contributed by atoms with van der Waals surface area (Å²) in [5, 5.41) is 9.64. The molecule has 0 saturated heterocycles. The number of fused-ring (bicyclic) bond motifs is 3. The maximum atomic E-state index is 12.7. The number of nitriles is 1. The van der Waals surface area contributed by atoms with Crippen LogP contribution in [0.15, 0.2) is 71.0 Å². The summed E-state index contributed by atoms with van der Waals surface area (Å²) in [5.74, 6) is -0.768. The van der Waals surface area contributed by atoms with Crippen LogP contribution in [0.2, 0.25) is 0 Å². The van der Waals surface area contributed by atoms with Crippen molar-refractivity contribution in [2.24, 2.45) is 0 Å². The molecule has 36 heavy (non-hydrogen) atoms. The Morgan fingerprint density at radius 3 is 2.61 bits per heavy atom. The van der Waals surface area contributed by atoms with Crippen molar-refractivity contribution in [1.29, 1.82) is 5.26 Å². The van der Waals surface area contributed by atoms with E-state index in [1.165, 1.54) is 33.4 Å². The van der Waals surface area contributed by atoms with Crippen LogP contribution in [-0.4, -0.2) is 19.9 Å². The van der Waals surface area contributed by atoms with Gasteiger partial charge >= 0.3 is 5.97 Å². The van der Waals surface area contributed by atoms with Gasteiger partial charge in [0.05, 0.1) is 15.9 Å². The first kappa shape index (κ1) is 23.3. The lowest BCUT2D eigenvalue weighted by Crippen LogP contribution is -2.15. The molecule has 0 radical (unpaired) electrons. The molecule has 0 saturated carbocycles. The van der Waals surface area contributed by atoms with Gasteiger partial charge in [-0.1, -0.05) is 41.2 Å². The van der Waals surface area contributed by atoms with E-state index in [4.69, 9.17) is 4.74 Å². The summed E-state index contributed by atoms with van der Waals surface area (Å²) in [7, 11) is 0. The van der Waals surface area contributed by atoms with Gasteiger partial charge in [-0.15, -0.1) is 0 Å². The molecular formula is C28H22N4O3S. The van der Waals surface area contributed by atoms with Crippen molar-refractivity contribution in [3.8, 4) is 11.8 Å². The van der Waals surface area contributed by atoms with Gasteiger partial charge in [-0.2, -0.15) is 5.26 Å². The van der Waals surface area contributed by atoms with Crippen molar-refractivity contribution in [3.05, 3.63) is 105 Å². The van der Waals surface area contributed by atoms with Crippen LogP contribution in [0.3, 0.4) is 0 Å². The number of aryl methyl sites for hydroxylation is 2. The molecule has 0 aliphatic rings. The van der Waals surface area contributed by atoms with E-state index in [9.17, 15) is 14.9 Å². The van der Waals surface area contributed by atoms with E-state index in [-0.39, 0.29) is 17.7 Å². The van der Waals surface area contributed by atoms with E-state index in [1.54, 1.807) is 0 Å². The second kappa shape index (κ2) is 9.29. The Morgan fingerprint density at radius 1 is 1.11 bits per heavy atom. The molecule has 5 rings (SSSR count). The minimum absolute atomic E-state index is 0.126. The standard InChI is InChI=1S/C28H22N4O3S/c1-17-8-10-23(11-9-17)31-18(2)12-20(19(31)3)13-21(15-29)27(34)35-16-22-14-26(33)32-24-6-4-5-7-25(24)36-28(32)30-22/h4-14H,16H2,1-3H3. The quantitative estimate of drug-likeness (QED) is 0.189. The lowest BCUT2D eigenvalue weighted by atomic mass is 10.1. The first-order chi connectivity index (χ1) is 17.4. The predicted octanol–water partition coefficient (Wildman–Crippen LogP) is 5.28. The summed E-state index contributed by atoms with van der Waals surface area (Å²) < 4.78 is 9.91. The number of benzene rings is 2. The molecule has 0 unspecified atom stereocenters. The number of aromatic nitrogens is 3. The SMILES string of the molecule is Cc1ccc(-n2c(C)cc(C=C(C#N)C(=O)OCc3cc(=O)n4c(n3)sc3ccccc34)c2C)cc1. The Morgan fingerprint density at radius 2 is 1.86 bits per heavy atom. The molecule has 2 aromatic carbocycles. The second-order valence-electron chi connectivity index (χ2n) is 8.52. The molecule has 178 valence electrons. The zero-order valence-electron chi connectivity index (χ0n) is 20.0. The highest BCUT2D eigenvalue weighted by Crippen LogP contribution is 2.25. The van der Waals surface area contributed by atoms with Crippen LogP contribution in [0.4, 0.5) is 0 Å². The molecule has 3 aromatic heterocycles. The fourth-order valence-electron chi connectivity index (χ4n) is 4.23. The first-order valence-electron chi connectivity index (χ1n) is 11.3. The van der Waals surface area contributed by atoms with Gasteiger partial charge in [0.15, 0.2) is 4.96 Å². The molecule has 0 bridgehead atoms. The van der Waals surface area contributed by atoms with Crippen LogP contribution in [-0.2, 0) is 16.1 Å². The number of esters is 1. The first-order valence-corrected chi connectivity index (χ1v) is 12.1. The Labute approximate surface area is 211 Å². The summed E-state index contributed by atoms with van der Waals surface area (Å²) >= 11 is 1.39. The molecule has 0 amide bonds. The molecular weight excluding hydrogens is 472 g/mol. The van der Waals surface area contributed by atoms with Gasteiger partial charge in [-0.25, -0.2) is 9.78 Å². The largest absolute Gasteiger partial charge is 0.455 e. The van der Waals surface area contributed by atoms with Crippen LogP contribution < -0.4 is 5.56 Å². The maximum Gasteiger partial charge on any atom is 0.349 e. The Hall–Kier alpha value is -4.48. The van der Waals surface area contributed by atoms with E-state index >= 15 is 0 Å². The van der Waals surface area contributed by atoms with Crippen LogP contribution in [0, 0.1) is 32.1 Å². The number of nitrogens with zero attached hydrogens (tertiary/aromatic N) is 4. The monoisotopic (exact) mass is 494 g/mol. The lowest BCUT2D eigenvalue weighted by Gasteiger charge is -2.10. The van der Waals surface area contributed by atoms with Gasteiger partial charge in [0.25, 0.3) is 5.56 Å². The highest BCUT2D eigenvalue weighted by molar-refractivity contribution is 7.23. The van der Waals surface area contributed by atoms with Crippen LogP contribution in [0.1, 0.15) is 28.2 Å². The fraction of sp³-hybridized carbons (Fsp3) is 0.143. The molecule has 0 aliphatic heterocycles. The third kappa shape index (κ3) is 4.21. The van der Waals surface area contributed by atoms with Gasteiger partial charge in [0.2, 0.25) is 0 Å². The number of ether oxygens (including phenoxy) is 1. The fourth-order valence-corrected chi connectivity index (χ4v) is 5.28. The molecule has 0 fully saturated rings. The number of hydrogen-bond acceptors (Lipinski definition) is 6. The van der Waals surface area contributed by atoms with Crippen molar-refractivity contribution in [1.82, 2.24) is 14.0 Å². The van der Waals surface area contributed by atoms with Crippen molar-refractivity contribution in [3.63, 3.8) is 0 Å². The molecule has 0 spiro atoms. The average Bonchev–Trinajstić information content (AvgIpc) is 3.38. The molecule has 0 N–H and O–H groups in total. The maximum absolute atomic E-state index is 12.7. The minimum atomic E-state index is -0.768. The number of hydrogen-bond donors (Lipinski definition) is 0. The van der Waals surface area contributed by atoms with Crippen molar-refractivity contribution < 1.29 is 9.53 Å². The zero-order valence-corrected chi connectivity index (χ0v) is 20.8. The van der Waals surface area contributed by atoms with E-state index in [0.717, 1.165) is 32.9 Å². The second-order valence-corrected chi connectivity index (χ2v) is 9.53. The summed E-state index contributed by atoms with van der Waals surface area (Å²) in [6.45, 7) is 5.74. The third-order valence-corrected chi connectivity index (χ3v) is 7.02. The molecule has 8 heteroatoms. The van der Waals surface area contributed by atoms with Crippen LogP contribution in [0.25, 0.3) is 26.9 Å². The summed E-state index contributed by atoms with van der Waals surface area (Å²) in [4.78, 5) is 30.4. The Bertz CT molecular complexity index is 1770. The number of carbonyl (C=O) groups is 1. The van der Waals surface area contributed by atoms with E-state index in [2.05, 4.69) is 9.55 Å². The highest BCUT2D eigenvalue weighted by atomic mass is 32.1. The molecule has 3 heterocycles. The van der Waals surface area contributed by atoms with Crippen LogP contribution in [0.5, 0.6) is 0 Å². The molecule has 0 aliphatic carbocycles. The number of rotatable bonds is 5. The predicted molar refractivity (Wildman–Crippen MR) is 140 cm³/mol. The number of thiazole rings is 1. The zero-order chi connectivity index (χ0) is 25.4. The summed E-state index contributed by atoms with van der Waals surface area (Å²) in [6.07, 6.45) is 1.53. The highest BCUT2D eigenvalue weighted by Gasteiger charge is 2.16. The van der Waals surface area contributed by atoms with Crippen molar-refractivity contribution >= 4 is 38.6 Å². The van der Waals surface area contributed by atoms with E-state index in [0.29, 0.717) is 10.7 Å². The van der Waals surface area contributed by atoms with Gasteiger partial charge < -0.3 is 9.30 Å². The van der Waals surface area contributed by atoms with E-state index in [1.807, 2.05) is 81.4 Å². The third-order valence-electron chi connectivity index (χ3n) is 6.00. The van der Waals surface area contributed by atoms with E-state index < -0.39 is 5.97 Å². The summed E-state index contributed by atoms with van der Waals surface area (Å²) in [5.41, 5.74) is 5.55. The normalized spacial score (nSPS) is 11.7. The average molecular weight is 495 g/mol. The van der Waals surface area contributed by atoms with Crippen LogP contribution >= 0.6 is 11.3 Å². The van der Waals surface area contributed by atoms with Crippen molar-refractivity contribution in [2.45, 2.75) is 27.4 Å². The minimum Gasteiger partial charge on any atom is -0.455 e. The van der Waals surface area contributed by atoms with Gasteiger partial charge in [0.1, 0.15) is 18.2 Å². The molecule has 7 nitrogen and oxygen atoms in total. The summed E-state index contributed by atoms with van der Waals surface area (Å²) in [6, 6.07) is 20.9. The topological polar surface area (TPSA) is 89.4 Å². The van der Waals surface area contributed by atoms with Gasteiger partial charge in [-0.3, -0.25) is 9.20 Å². The number of para-hydroxylation sites is 1. The Balaban J connectivity index is 1.38. The molecule has 5 aromatic rings. The van der Waals surface area contributed by atoms with Gasteiger partial charge in [0, 0.05) is 23.1 Å². The van der Waals surface area contributed by atoms with Gasteiger partial charge in [-0.05, 0) is 62.7 Å². The van der Waals surface area contributed by atoms with Crippen molar-refractivity contribution in [2.75, 3.05) is 0 Å². The number of carbonyl (C=O) groups excluding carboxylic acids is 1. The molecule has 0 atom stereocenters.